The van der Waals surface area contributed by atoms with Crippen LogP contribution in [0, 0.1) is 35.4 Å². The van der Waals surface area contributed by atoms with E-state index in [1.54, 1.807) is 12.1 Å². The van der Waals surface area contributed by atoms with Crippen LogP contribution in [0.5, 0.6) is 0 Å². The lowest BCUT2D eigenvalue weighted by Crippen LogP contribution is -2.48. The molecule has 112 valence electrons. The SMILES string of the molecule is O=C(c1ccc(Br)c(Cl)c1F)C1C2CC3CC(C2)CC1C3. The van der Waals surface area contributed by atoms with Gasteiger partial charge in [-0.1, -0.05) is 11.6 Å². The maximum Gasteiger partial charge on any atom is 0.169 e. The Morgan fingerprint density at radius 3 is 2.24 bits per heavy atom. The fourth-order valence-corrected chi connectivity index (χ4v) is 5.72. The smallest absolute Gasteiger partial charge is 0.169 e. The average Bonchev–Trinajstić information content (AvgIpc) is 2.43. The Hall–Kier alpha value is -0.410. The highest BCUT2D eigenvalue weighted by atomic mass is 79.9. The van der Waals surface area contributed by atoms with E-state index in [1.807, 2.05) is 0 Å². The molecule has 21 heavy (non-hydrogen) atoms. The van der Waals surface area contributed by atoms with Crippen molar-refractivity contribution in [3.8, 4) is 0 Å². The lowest BCUT2D eigenvalue weighted by atomic mass is 9.51. The summed E-state index contributed by atoms with van der Waals surface area (Å²) in [5.41, 5.74) is 0.181. The summed E-state index contributed by atoms with van der Waals surface area (Å²) in [5.74, 6) is 2.00. The van der Waals surface area contributed by atoms with Gasteiger partial charge in [0.25, 0.3) is 0 Å². The van der Waals surface area contributed by atoms with Crippen LogP contribution in [0.4, 0.5) is 4.39 Å². The lowest BCUT2D eigenvalue weighted by molar-refractivity contribution is -0.0252. The molecule has 4 heteroatoms. The van der Waals surface area contributed by atoms with Gasteiger partial charge in [0.2, 0.25) is 0 Å². The van der Waals surface area contributed by atoms with Crippen LogP contribution >= 0.6 is 27.5 Å². The quantitative estimate of drug-likeness (QED) is 0.496. The van der Waals surface area contributed by atoms with Crippen LogP contribution in [0.25, 0.3) is 0 Å². The summed E-state index contributed by atoms with van der Waals surface area (Å²) in [7, 11) is 0. The summed E-state index contributed by atoms with van der Waals surface area (Å²) >= 11 is 9.15. The van der Waals surface area contributed by atoms with Gasteiger partial charge < -0.3 is 0 Å². The Bertz CT molecular complexity index is 587. The van der Waals surface area contributed by atoms with Gasteiger partial charge in [0.15, 0.2) is 11.6 Å². The van der Waals surface area contributed by atoms with Crippen molar-refractivity contribution >= 4 is 33.3 Å². The number of carbonyl (C=O) groups is 1. The molecule has 0 heterocycles. The van der Waals surface area contributed by atoms with Crippen molar-refractivity contribution < 1.29 is 9.18 Å². The molecule has 1 nitrogen and oxygen atoms in total. The van der Waals surface area contributed by atoms with Gasteiger partial charge in [-0.3, -0.25) is 4.79 Å². The average molecular weight is 372 g/mol. The molecule has 0 saturated heterocycles. The highest BCUT2D eigenvalue weighted by Crippen LogP contribution is 2.57. The summed E-state index contributed by atoms with van der Waals surface area (Å²) in [5, 5.41) is 0.0182. The molecule has 1 aromatic rings. The third kappa shape index (κ3) is 2.19. The molecule has 5 rings (SSSR count). The van der Waals surface area contributed by atoms with Gasteiger partial charge in [-0.05, 0) is 83.8 Å². The third-order valence-corrected chi connectivity index (χ3v) is 7.09. The van der Waals surface area contributed by atoms with Gasteiger partial charge in [-0.15, -0.1) is 0 Å². The molecular formula is C17H17BrClFO. The first kappa shape index (κ1) is 14.2. The van der Waals surface area contributed by atoms with E-state index in [9.17, 15) is 9.18 Å². The van der Waals surface area contributed by atoms with Gasteiger partial charge in [0.05, 0.1) is 10.6 Å². The number of benzene rings is 1. The van der Waals surface area contributed by atoms with Crippen molar-refractivity contribution in [3.63, 3.8) is 0 Å². The summed E-state index contributed by atoms with van der Waals surface area (Å²) in [4.78, 5) is 12.9. The summed E-state index contributed by atoms with van der Waals surface area (Å²) in [6.07, 6.45) is 6.00. The molecular weight excluding hydrogens is 355 g/mol. The largest absolute Gasteiger partial charge is 0.294 e. The fraction of sp³-hybridized carbons (Fsp3) is 0.588. The molecule has 0 atom stereocenters. The summed E-state index contributed by atoms with van der Waals surface area (Å²) < 4.78 is 14.8. The van der Waals surface area contributed by atoms with Crippen molar-refractivity contribution in [2.45, 2.75) is 32.1 Å². The molecule has 0 spiro atoms. The minimum Gasteiger partial charge on any atom is -0.294 e. The van der Waals surface area contributed by atoms with E-state index in [1.165, 1.54) is 6.42 Å². The number of carbonyl (C=O) groups excluding carboxylic acids is 1. The molecule has 0 radical (unpaired) electrons. The molecule has 4 bridgehead atoms. The summed E-state index contributed by atoms with van der Waals surface area (Å²) in [6.45, 7) is 0. The minimum absolute atomic E-state index is 0.0179. The van der Waals surface area contributed by atoms with Gasteiger partial charge >= 0.3 is 0 Å². The Morgan fingerprint density at radius 1 is 1.10 bits per heavy atom. The molecule has 0 amide bonds. The number of rotatable bonds is 2. The van der Waals surface area contributed by atoms with E-state index in [4.69, 9.17) is 11.6 Å². The first-order valence-electron chi connectivity index (χ1n) is 7.72. The Morgan fingerprint density at radius 2 is 1.67 bits per heavy atom. The van der Waals surface area contributed by atoms with Crippen molar-refractivity contribution in [3.05, 3.63) is 33.0 Å². The highest BCUT2D eigenvalue weighted by molar-refractivity contribution is 9.10. The Labute approximate surface area is 137 Å². The van der Waals surface area contributed by atoms with E-state index in [2.05, 4.69) is 15.9 Å². The lowest BCUT2D eigenvalue weighted by Gasteiger charge is -2.53. The maximum atomic E-state index is 14.3. The predicted octanol–water partition coefficient (Wildman–Crippen LogP) is 5.50. The molecule has 0 aromatic heterocycles. The van der Waals surface area contributed by atoms with E-state index in [0.717, 1.165) is 37.5 Å². The molecule has 0 unspecified atom stereocenters. The van der Waals surface area contributed by atoms with E-state index < -0.39 is 5.82 Å². The topological polar surface area (TPSA) is 17.1 Å². The second-order valence-corrected chi connectivity index (χ2v) is 8.28. The van der Waals surface area contributed by atoms with Crippen LogP contribution < -0.4 is 0 Å². The van der Waals surface area contributed by atoms with Crippen molar-refractivity contribution in [2.75, 3.05) is 0 Å². The van der Waals surface area contributed by atoms with Crippen LogP contribution in [0.2, 0.25) is 5.02 Å². The predicted molar refractivity (Wildman–Crippen MR) is 84.0 cm³/mol. The Balaban J connectivity index is 1.68. The standard InChI is InChI=1S/C17H17BrClFO/c18-13-2-1-12(16(20)15(13)19)17(21)14-10-4-8-3-9(6-10)7-11(14)5-8/h1-2,8-11,14H,3-7H2. The van der Waals surface area contributed by atoms with Crippen LogP contribution in [0.3, 0.4) is 0 Å². The molecule has 4 aliphatic rings. The molecule has 4 fully saturated rings. The van der Waals surface area contributed by atoms with E-state index >= 15 is 0 Å². The zero-order valence-electron chi connectivity index (χ0n) is 11.6. The zero-order chi connectivity index (χ0) is 14.7. The number of Topliss-reactive ketones (excluding diaryl/α,β-unsaturated/α-hetero) is 1. The first-order valence-corrected chi connectivity index (χ1v) is 8.89. The van der Waals surface area contributed by atoms with Crippen LogP contribution in [0.15, 0.2) is 16.6 Å². The normalized spacial score (nSPS) is 37.0. The van der Waals surface area contributed by atoms with Gasteiger partial charge in [0.1, 0.15) is 0 Å². The van der Waals surface area contributed by atoms with Gasteiger partial charge in [-0.2, -0.15) is 0 Å². The third-order valence-electron chi connectivity index (χ3n) is 5.83. The Kier molecular flexibility index (Phi) is 3.42. The van der Waals surface area contributed by atoms with Gasteiger partial charge in [-0.25, -0.2) is 4.39 Å². The molecule has 4 saturated carbocycles. The van der Waals surface area contributed by atoms with Crippen LogP contribution in [0.1, 0.15) is 42.5 Å². The maximum absolute atomic E-state index is 14.3. The second kappa shape index (κ2) is 5.06. The fourth-order valence-electron chi connectivity index (χ4n) is 5.25. The number of halogens is 3. The van der Waals surface area contributed by atoms with E-state index in [-0.39, 0.29) is 22.3 Å². The molecule has 4 aliphatic carbocycles. The minimum atomic E-state index is -0.565. The molecule has 0 aliphatic heterocycles. The van der Waals surface area contributed by atoms with Crippen LogP contribution in [-0.2, 0) is 0 Å². The first-order chi connectivity index (χ1) is 10.0. The van der Waals surface area contributed by atoms with Crippen molar-refractivity contribution in [1.82, 2.24) is 0 Å². The van der Waals surface area contributed by atoms with Crippen molar-refractivity contribution in [2.24, 2.45) is 29.6 Å². The molecule has 0 N–H and O–H groups in total. The van der Waals surface area contributed by atoms with Crippen LogP contribution in [-0.4, -0.2) is 5.78 Å². The second-order valence-electron chi connectivity index (χ2n) is 7.04. The van der Waals surface area contributed by atoms with Gasteiger partial charge in [0, 0.05) is 10.4 Å². The number of hydrogen-bond acceptors (Lipinski definition) is 1. The number of ketones is 1. The van der Waals surface area contributed by atoms with E-state index in [0.29, 0.717) is 16.3 Å². The summed E-state index contributed by atoms with van der Waals surface area (Å²) in [6, 6.07) is 3.26. The van der Waals surface area contributed by atoms with Crippen molar-refractivity contribution in [1.29, 1.82) is 0 Å². The number of hydrogen-bond donors (Lipinski definition) is 0. The highest BCUT2D eigenvalue weighted by Gasteiger charge is 2.51. The monoisotopic (exact) mass is 370 g/mol. The zero-order valence-corrected chi connectivity index (χ0v) is 14.0. The molecule has 1 aromatic carbocycles.